The van der Waals surface area contributed by atoms with Crippen molar-refractivity contribution in [3.05, 3.63) is 127 Å². The number of carbonyl (C=O) groups is 1. The highest BCUT2D eigenvalue weighted by Crippen LogP contribution is 2.23. The maximum Gasteiger partial charge on any atom is 0.365 e. The first-order valence-corrected chi connectivity index (χ1v) is 13.5. The molecule has 3 N–H and O–H groups in total. The van der Waals surface area contributed by atoms with E-state index >= 15 is 0 Å². The third-order valence-electron chi connectivity index (χ3n) is 5.91. The molecule has 0 radical (unpaired) electrons. The topological polar surface area (TPSA) is 112 Å². The maximum atomic E-state index is 12.7. The Morgan fingerprint density at radius 3 is 2.31 bits per heavy atom. The van der Waals surface area contributed by atoms with Crippen molar-refractivity contribution in [2.45, 2.75) is 19.5 Å². The first-order chi connectivity index (χ1) is 18.9. The SMILES string of the molecule is Nn1c(Cc2ccc(Cl)cc2)nn(CC(=O)N/N=c2\scc(-c3ccc(Cl)cc3)n2Cc2ccccc2)c1=O. The summed E-state index contributed by atoms with van der Waals surface area (Å²) in [7, 11) is 0. The van der Waals surface area contributed by atoms with Crippen LogP contribution < -0.4 is 21.8 Å². The number of amides is 1. The summed E-state index contributed by atoms with van der Waals surface area (Å²) >= 11 is 13.4. The minimum atomic E-state index is -0.602. The number of hydrogen-bond acceptors (Lipinski definition) is 6. The summed E-state index contributed by atoms with van der Waals surface area (Å²) in [5, 5.41) is 11.8. The van der Waals surface area contributed by atoms with E-state index in [0.29, 0.717) is 33.6 Å². The van der Waals surface area contributed by atoms with E-state index in [-0.39, 0.29) is 6.54 Å². The zero-order valence-electron chi connectivity index (χ0n) is 20.5. The van der Waals surface area contributed by atoms with Crippen molar-refractivity contribution in [2.75, 3.05) is 5.84 Å². The highest BCUT2D eigenvalue weighted by molar-refractivity contribution is 7.07. The lowest BCUT2D eigenvalue weighted by atomic mass is 10.1. The molecule has 2 heterocycles. The summed E-state index contributed by atoms with van der Waals surface area (Å²) in [6.07, 6.45) is 0.310. The van der Waals surface area contributed by atoms with Gasteiger partial charge in [0.25, 0.3) is 5.91 Å². The Hall–Kier alpha value is -4.12. The molecule has 0 aliphatic heterocycles. The molecule has 0 aliphatic carbocycles. The molecule has 5 aromatic rings. The van der Waals surface area contributed by atoms with Crippen LogP contribution in [0, 0.1) is 0 Å². The number of thiazole rings is 1. The van der Waals surface area contributed by atoms with E-state index < -0.39 is 11.6 Å². The zero-order chi connectivity index (χ0) is 27.4. The lowest BCUT2D eigenvalue weighted by Gasteiger charge is -2.10. The molecule has 1 amide bonds. The highest BCUT2D eigenvalue weighted by Gasteiger charge is 2.15. The third-order valence-corrected chi connectivity index (χ3v) is 7.27. The number of aromatic nitrogens is 4. The van der Waals surface area contributed by atoms with Crippen molar-refractivity contribution >= 4 is 40.4 Å². The van der Waals surface area contributed by atoms with Crippen LogP contribution in [-0.4, -0.2) is 24.9 Å². The van der Waals surface area contributed by atoms with E-state index in [4.69, 9.17) is 29.0 Å². The van der Waals surface area contributed by atoms with Gasteiger partial charge in [-0.1, -0.05) is 77.8 Å². The molecule has 0 bridgehead atoms. The fourth-order valence-electron chi connectivity index (χ4n) is 3.94. The third kappa shape index (κ3) is 6.31. The number of benzene rings is 3. The van der Waals surface area contributed by atoms with Crippen molar-refractivity contribution < 1.29 is 4.79 Å². The van der Waals surface area contributed by atoms with Crippen molar-refractivity contribution in [2.24, 2.45) is 5.10 Å². The van der Waals surface area contributed by atoms with Crippen LogP contribution in [0.4, 0.5) is 0 Å². The molecule has 39 heavy (non-hydrogen) atoms. The van der Waals surface area contributed by atoms with E-state index in [9.17, 15) is 9.59 Å². The molecule has 3 aromatic carbocycles. The molecule has 5 rings (SSSR count). The Bertz CT molecular complexity index is 1720. The van der Waals surface area contributed by atoms with Gasteiger partial charge in [0, 0.05) is 21.8 Å². The first-order valence-electron chi connectivity index (χ1n) is 11.9. The maximum absolute atomic E-state index is 12.7. The number of nitrogens with one attached hydrogen (secondary N) is 1. The number of hydrogen-bond donors (Lipinski definition) is 2. The Kier molecular flexibility index (Phi) is 7.97. The summed E-state index contributed by atoms with van der Waals surface area (Å²) in [5.41, 5.74) is 5.79. The number of nitrogens with two attached hydrogens (primary N) is 1. The number of nitrogens with zero attached hydrogens (tertiary/aromatic N) is 5. The monoisotopic (exact) mass is 579 g/mol. The summed E-state index contributed by atoms with van der Waals surface area (Å²) < 4.78 is 3.96. The quantitative estimate of drug-likeness (QED) is 0.214. The van der Waals surface area contributed by atoms with Gasteiger partial charge in [0.15, 0.2) is 5.82 Å². The highest BCUT2D eigenvalue weighted by atomic mass is 35.5. The molecule has 0 aliphatic rings. The standard InChI is InChI=1S/C27H23Cl2N7O2S/c28-21-10-6-18(7-11-21)14-24-33-35(27(38)36(24)30)16-25(37)31-32-26-34(15-19-4-2-1-3-5-19)23(17-39-26)20-8-12-22(29)13-9-20/h1-13,17H,14-16,30H2,(H,31,37)/b32-26-. The predicted molar refractivity (Wildman–Crippen MR) is 153 cm³/mol. The predicted octanol–water partition coefficient (Wildman–Crippen LogP) is 3.87. The van der Waals surface area contributed by atoms with Gasteiger partial charge in [0.05, 0.1) is 12.2 Å². The molecular weight excluding hydrogens is 557 g/mol. The average Bonchev–Trinajstić information content (AvgIpc) is 3.45. The fraction of sp³-hybridized carbons (Fsp3) is 0.111. The Morgan fingerprint density at radius 2 is 1.62 bits per heavy atom. The van der Waals surface area contributed by atoms with Crippen LogP contribution in [0.1, 0.15) is 17.0 Å². The second-order valence-corrected chi connectivity index (χ2v) is 10.4. The average molecular weight is 581 g/mol. The van der Waals surface area contributed by atoms with Crippen LogP contribution in [0.2, 0.25) is 10.0 Å². The zero-order valence-corrected chi connectivity index (χ0v) is 22.8. The van der Waals surface area contributed by atoms with E-state index in [0.717, 1.165) is 31.7 Å². The van der Waals surface area contributed by atoms with Gasteiger partial charge in [0.1, 0.15) is 6.54 Å². The molecule has 2 aromatic heterocycles. The van der Waals surface area contributed by atoms with Gasteiger partial charge < -0.3 is 10.4 Å². The molecule has 0 saturated carbocycles. The molecular formula is C27H23Cl2N7O2S. The van der Waals surface area contributed by atoms with Crippen molar-refractivity contribution in [1.82, 2.24) is 24.4 Å². The van der Waals surface area contributed by atoms with Crippen LogP contribution in [0.15, 0.2) is 94.1 Å². The van der Waals surface area contributed by atoms with Gasteiger partial charge in [-0.2, -0.15) is 9.77 Å². The fourth-order valence-corrected chi connectivity index (χ4v) is 5.06. The number of nitrogen functional groups attached to an aromatic ring is 1. The van der Waals surface area contributed by atoms with Gasteiger partial charge in [-0.3, -0.25) is 4.79 Å². The van der Waals surface area contributed by atoms with Crippen LogP contribution >= 0.6 is 34.5 Å². The minimum absolute atomic E-state index is 0.310. The minimum Gasteiger partial charge on any atom is -0.333 e. The Morgan fingerprint density at radius 1 is 0.949 bits per heavy atom. The largest absolute Gasteiger partial charge is 0.365 e. The second kappa shape index (κ2) is 11.7. The number of rotatable bonds is 8. The van der Waals surface area contributed by atoms with Crippen molar-refractivity contribution in [3.8, 4) is 11.3 Å². The van der Waals surface area contributed by atoms with E-state index in [1.165, 1.54) is 11.3 Å². The summed E-state index contributed by atoms with van der Waals surface area (Å²) in [4.78, 5) is 25.9. The van der Waals surface area contributed by atoms with E-state index in [1.807, 2.05) is 76.7 Å². The molecule has 0 saturated heterocycles. The molecule has 198 valence electrons. The molecule has 0 unspecified atom stereocenters. The van der Waals surface area contributed by atoms with Crippen molar-refractivity contribution in [3.63, 3.8) is 0 Å². The van der Waals surface area contributed by atoms with Crippen molar-refractivity contribution in [1.29, 1.82) is 0 Å². The van der Waals surface area contributed by atoms with Gasteiger partial charge >= 0.3 is 5.69 Å². The normalized spacial score (nSPS) is 11.6. The smallest absolute Gasteiger partial charge is 0.333 e. The van der Waals surface area contributed by atoms with Crippen LogP contribution in [0.3, 0.4) is 0 Å². The molecule has 9 nitrogen and oxygen atoms in total. The van der Waals surface area contributed by atoms with Crippen LogP contribution in [-0.2, 0) is 24.3 Å². The Balaban J connectivity index is 1.37. The summed E-state index contributed by atoms with van der Waals surface area (Å²) in [6.45, 7) is 0.205. The molecule has 0 atom stereocenters. The lowest BCUT2D eigenvalue weighted by Crippen LogP contribution is -2.35. The van der Waals surface area contributed by atoms with Gasteiger partial charge in [-0.05, 0) is 41.0 Å². The number of carbonyl (C=O) groups excluding carboxylic acids is 1. The Labute approximate surface area is 237 Å². The van der Waals surface area contributed by atoms with E-state index in [1.54, 1.807) is 12.1 Å². The second-order valence-electron chi connectivity index (χ2n) is 8.66. The lowest BCUT2D eigenvalue weighted by molar-refractivity contribution is -0.122. The summed E-state index contributed by atoms with van der Waals surface area (Å²) in [6, 6.07) is 24.6. The van der Waals surface area contributed by atoms with Gasteiger partial charge in [0.2, 0.25) is 4.80 Å². The molecule has 0 fully saturated rings. The van der Waals surface area contributed by atoms with Gasteiger partial charge in [-0.15, -0.1) is 16.4 Å². The molecule has 12 heteroatoms. The van der Waals surface area contributed by atoms with Gasteiger partial charge in [-0.25, -0.2) is 14.9 Å². The van der Waals surface area contributed by atoms with Crippen LogP contribution in [0.25, 0.3) is 11.3 Å². The number of halogens is 2. The molecule has 0 spiro atoms. The van der Waals surface area contributed by atoms with E-state index in [2.05, 4.69) is 15.6 Å². The summed E-state index contributed by atoms with van der Waals surface area (Å²) in [5.74, 6) is 5.72. The van der Waals surface area contributed by atoms with Crippen LogP contribution in [0.5, 0.6) is 0 Å². The first kappa shape index (κ1) is 26.5.